The van der Waals surface area contributed by atoms with Crippen LogP contribution in [0.1, 0.15) is 54.4 Å². The molecule has 0 bridgehead atoms. The number of carbonyl (C=O) groups is 4. The first-order valence-corrected chi connectivity index (χ1v) is 16.5. The Morgan fingerprint density at radius 3 is 2.08 bits per heavy atom. The normalized spacial score (nSPS) is 15.2. The van der Waals surface area contributed by atoms with Gasteiger partial charge in [0.1, 0.15) is 30.2 Å². The fraction of sp³-hybridized carbons (Fsp3) is 0.500. The minimum atomic E-state index is -4.03. The van der Waals surface area contributed by atoms with E-state index in [1.54, 1.807) is 66.1 Å². The molecular weight excluding hydrogens is 648 g/mol. The zero-order chi connectivity index (χ0) is 35.5. The lowest BCUT2D eigenvalue weighted by Gasteiger charge is -2.32. The molecule has 1 aliphatic rings. The summed E-state index contributed by atoms with van der Waals surface area (Å²) in [4.78, 5) is 64.3. The predicted octanol–water partition coefficient (Wildman–Crippen LogP) is 1.87. The van der Waals surface area contributed by atoms with Crippen LogP contribution in [-0.4, -0.2) is 96.7 Å². The largest absolute Gasteiger partial charge is 0.444 e. The fourth-order valence-corrected chi connectivity index (χ4v) is 5.41. The van der Waals surface area contributed by atoms with Gasteiger partial charge in [0.25, 0.3) is 5.96 Å². The monoisotopic (exact) mass is 690 g/mol. The first-order chi connectivity index (χ1) is 22.4. The number of hydrogen-bond acceptors (Lipinski definition) is 12. The first kappa shape index (κ1) is 37.6. The van der Waals surface area contributed by atoms with E-state index in [1.165, 1.54) is 23.4 Å². The second kappa shape index (κ2) is 16.3. The average molecular weight is 691 g/mol. The van der Waals surface area contributed by atoms with E-state index in [4.69, 9.17) is 14.3 Å². The van der Waals surface area contributed by atoms with Crippen molar-refractivity contribution in [3.05, 3.63) is 43.0 Å². The lowest BCUT2D eigenvalue weighted by atomic mass is 10.1. The van der Waals surface area contributed by atoms with Gasteiger partial charge in [0, 0.05) is 24.5 Å². The van der Waals surface area contributed by atoms with E-state index in [-0.39, 0.29) is 37.6 Å². The van der Waals surface area contributed by atoms with E-state index >= 15 is 0 Å². The SMILES string of the molecule is CC(C)(C)OC(=O)NC(=NOCCNC(=O)CN1CCCC(NS(=O)(=O)c2ccc(-c3cncnc3)cc2)C1=O)NC(=O)OC(C)(C)C. The highest BCUT2D eigenvalue weighted by Gasteiger charge is 2.33. The molecule has 0 aliphatic carbocycles. The third kappa shape index (κ3) is 12.7. The molecule has 1 aromatic heterocycles. The van der Waals surface area contributed by atoms with Crippen molar-refractivity contribution < 1.29 is 41.9 Å². The maximum absolute atomic E-state index is 13.1. The van der Waals surface area contributed by atoms with Crippen molar-refractivity contribution in [1.29, 1.82) is 0 Å². The van der Waals surface area contributed by atoms with E-state index in [0.29, 0.717) is 6.42 Å². The lowest BCUT2D eigenvalue weighted by molar-refractivity contribution is -0.139. The van der Waals surface area contributed by atoms with Gasteiger partial charge in [-0.2, -0.15) is 4.72 Å². The number of guanidine groups is 1. The van der Waals surface area contributed by atoms with Crippen LogP contribution in [0.2, 0.25) is 0 Å². The number of oxime groups is 1. The van der Waals surface area contributed by atoms with Crippen LogP contribution in [0.15, 0.2) is 53.0 Å². The van der Waals surface area contributed by atoms with Gasteiger partial charge in [0.05, 0.1) is 18.0 Å². The molecule has 0 spiro atoms. The Bertz CT molecular complexity index is 1540. The molecule has 1 fully saturated rings. The highest BCUT2D eigenvalue weighted by atomic mass is 32.2. The summed E-state index contributed by atoms with van der Waals surface area (Å²) in [7, 11) is -4.03. The Morgan fingerprint density at radius 1 is 0.938 bits per heavy atom. The Kier molecular flexibility index (Phi) is 12.8. The molecule has 18 heteroatoms. The van der Waals surface area contributed by atoms with Crippen molar-refractivity contribution in [1.82, 2.24) is 35.5 Å². The van der Waals surface area contributed by atoms with E-state index in [2.05, 4.69) is 35.8 Å². The molecule has 17 nitrogen and oxygen atoms in total. The number of rotatable bonds is 10. The number of benzene rings is 1. The van der Waals surface area contributed by atoms with Crippen molar-refractivity contribution in [2.75, 3.05) is 26.2 Å². The van der Waals surface area contributed by atoms with E-state index in [0.717, 1.165) is 11.1 Å². The molecule has 2 heterocycles. The van der Waals surface area contributed by atoms with Crippen molar-refractivity contribution in [2.45, 2.75) is 76.5 Å². The molecule has 262 valence electrons. The van der Waals surface area contributed by atoms with Crippen molar-refractivity contribution in [3.8, 4) is 11.1 Å². The molecule has 3 rings (SSSR count). The van der Waals surface area contributed by atoms with Gasteiger partial charge in [-0.25, -0.2) is 28.0 Å². The van der Waals surface area contributed by atoms with Crippen LogP contribution in [0, 0.1) is 0 Å². The summed E-state index contributed by atoms with van der Waals surface area (Å²) in [6.45, 7) is 9.68. The molecule has 1 atom stereocenters. The summed E-state index contributed by atoms with van der Waals surface area (Å²) in [5, 5.41) is 10.8. The fourth-order valence-electron chi connectivity index (χ4n) is 4.19. The second-order valence-corrected chi connectivity index (χ2v) is 14.3. The van der Waals surface area contributed by atoms with Crippen LogP contribution < -0.4 is 20.7 Å². The molecule has 4 N–H and O–H groups in total. The smallest absolute Gasteiger partial charge is 0.414 e. The number of ether oxygens (including phenoxy) is 2. The third-order valence-electron chi connectivity index (χ3n) is 6.13. The number of piperidine rings is 1. The molecule has 4 amide bonds. The van der Waals surface area contributed by atoms with Gasteiger partial charge < -0.3 is 24.5 Å². The summed E-state index contributed by atoms with van der Waals surface area (Å²) in [6, 6.07) is 5.07. The summed E-state index contributed by atoms with van der Waals surface area (Å²) >= 11 is 0. The molecule has 1 aliphatic heterocycles. The number of alkyl carbamates (subject to hydrolysis) is 2. The molecule has 1 saturated heterocycles. The van der Waals surface area contributed by atoms with Crippen LogP contribution >= 0.6 is 0 Å². The lowest BCUT2D eigenvalue weighted by Crippen LogP contribution is -2.54. The number of amides is 4. The summed E-state index contributed by atoms with van der Waals surface area (Å²) < 4.78 is 38.9. The topological polar surface area (TPSA) is 220 Å². The summed E-state index contributed by atoms with van der Waals surface area (Å²) in [6.07, 6.45) is 3.56. The van der Waals surface area contributed by atoms with Crippen LogP contribution in [-0.2, 0) is 33.9 Å². The number of hydrogen-bond donors (Lipinski definition) is 4. The van der Waals surface area contributed by atoms with E-state index in [1.807, 2.05) is 0 Å². The second-order valence-electron chi connectivity index (χ2n) is 12.6. The predicted molar refractivity (Wildman–Crippen MR) is 173 cm³/mol. The number of carbonyl (C=O) groups excluding carboxylic acids is 4. The van der Waals surface area contributed by atoms with Crippen molar-refractivity contribution in [2.24, 2.45) is 5.16 Å². The molecule has 48 heavy (non-hydrogen) atoms. The molecule has 0 radical (unpaired) electrons. The Labute approximate surface area is 279 Å². The zero-order valence-electron chi connectivity index (χ0n) is 27.7. The zero-order valence-corrected chi connectivity index (χ0v) is 28.5. The number of likely N-dealkylation sites (tertiary alicyclic amines) is 1. The number of nitrogens with zero attached hydrogens (tertiary/aromatic N) is 4. The van der Waals surface area contributed by atoms with E-state index in [9.17, 15) is 27.6 Å². The van der Waals surface area contributed by atoms with Gasteiger partial charge in [-0.05, 0) is 77.2 Å². The first-order valence-electron chi connectivity index (χ1n) is 15.0. The van der Waals surface area contributed by atoms with Crippen LogP contribution in [0.4, 0.5) is 9.59 Å². The van der Waals surface area contributed by atoms with Crippen LogP contribution in [0.25, 0.3) is 11.1 Å². The van der Waals surface area contributed by atoms with Gasteiger partial charge >= 0.3 is 12.2 Å². The Morgan fingerprint density at radius 2 is 1.52 bits per heavy atom. The highest BCUT2D eigenvalue weighted by Crippen LogP contribution is 2.21. The molecule has 1 unspecified atom stereocenters. The van der Waals surface area contributed by atoms with Crippen molar-refractivity contribution >= 4 is 40.0 Å². The van der Waals surface area contributed by atoms with Gasteiger partial charge in [-0.15, -0.1) is 0 Å². The maximum Gasteiger partial charge on any atom is 0.414 e. The molecule has 1 aromatic carbocycles. The standard InChI is InChI=1S/C30H42N8O9S/c1-29(2,3)46-27(41)34-26(35-28(42)47-30(4,5)6)36-45-15-13-33-24(39)18-38-14-7-8-23(25(38)40)37-48(43,44)22-11-9-20(10-12-22)21-16-31-19-32-17-21/h9-12,16-17,19,23,37H,7-8,13-15,18H2,1-6H3,(H,33,39)(H2,34,35,36,41,42). The quantitative estimate of drug-likeness (QED) is 0.122. The number of aromatic nitrogens is 2. The average Bonchev–Trinajstić information content (AvgIpc) is 2.97. The van der Waals surface area contributed by atoms with Crippen LogP contribution in [0.5, 0.6) is 0 Å². The van der Waals surface area contributed by atoms with Gasteiger partial charge in [0.15, 0.2) is 0 Å². The van der Waals surface area contributed by atoms with Crippen molar-refractivity contribution in [3.63, 3.8) is 0 Å². The van der Waals surface area contributed by atoms with E-state index < -0.39 is 57.2 Å². The van der Waals surface area contributed by atoms with Gasteiger partial charge in [-0.1, -0.05) is 12.1 Å². The maximum atomic E-state index is 13.1. The minimum Gasteiger partial charge on any atom is -0.444 e. The minimum absolute atomic E-state index is 0.0147. The number of nitrogens with one attached hydrogen (secondary N) is 4. The molecule has 2 aromatic rings. The third-order valence-corrected chi connectivity index (χ3v) is 7.62. The Hall–Kier alpha value is -4.84. The summed E-state index contributed by atoms with van der Waals surface area (Å²) in [5.41, 5.74) is -0.191. The highest BCUT2D eigenvalue weighted by molar-refractivity contribution is 7.89. The number of sulfonamides is 1. The van der Waals surface area contributed by atoms with Crippen LogP contribution in [0.3, 0.4) is 0 Å². The van der Waals surface area contributed by atoms with Gasteiger partial charge in [0.2, 0.25) is 21.8 Å². The molecule has 0 saturated carbocycles. The van der Waals surface area contributed by atoms with Gasteiger partial charge in [-0.3, -0.25) is 20.2 Å². The molecular formula is C30H42N8O9S. The Balaban J connectivity index is 1.50. The summed E-state index contributed by atoms with van der Waals surface area (Å²) in [5.74, 6) is -1.44.